The Bertz CT molecular complexity index is 3520. The number of fused-ring (bicyclic) bond motifs is 5. The van der Waals surface area contributed by atoms with Crippen LogP contribution in [0.3, 0.4) is 0 Å². The molecule has 316 valence electrons. The smallest absolute Gasteiger partial charge is 0.159 e. The molecule has 3 heterocycles. The topological polar surface area (TPSA) is 27.3 Å². The van der Waals surface area contributed by atoms with E-state index in [2.05, 4.69) is 241 Å². The van der Waals surface area contributed by atoms with E-state index in [4.69, 9.17) is 16.0 Å². The molecule has 6 heteroatoms. The predicted octanol–water partition coefficient (Wildman–Crippen LogP) is 17.7. The summed E-state index contributed by atoms with van der Waals surface area (Å²) in [6.45, 7) is 8.91. The van der Waals surface area contributed by atoms with Gasteiger partial charge in [-0.1, -0.05) is 142 Å². The molecule has 0 amide bonds. The molecule has 0 saturated carbocycles. The van der Waals surface area contributed by atoms with E-state index >= 15 is 0 Å². The maximum atomic E-state index is 8.00. The van der Waals surface area contributed by atoms with Crippen LogP contribution in [-0.4, -0.2) is 4.40 Å². The second kappa shape index (κ2) is 16.1. The van der Waals surface area contributed by atoms with E-state index in [1.54, 1.807) is 0 Å². The van der Waals surface area contributed by atoms with Crippen LogP contribution in [0.2, 0.25) is 5.02 Å². The highest BCUT2D eigenvalue weighted by molar-refractivity contribution is 6.37. The molecule has 5 nitrogen and oxygen atoms in total. The first-order valence-electron chi connectivity index (χ1n) is 22.1. The Labute approximate surface area is 384 Å². The lowest BCUT2D eigenvalue weighted by molar-refractivity contribution is 0.590. The van der Waals surface area contributed by atoms with E-state index in [9.17, 15) is 0 Å². The average Bonchev–Trinajstić information content (AvgIpc) is 3.93. The number of furan rings is 1. The summed E-state index contributed by atoms with van der Waals surface area (Å²) in [6.07, 6.45) is 2.10. The highest BCUT2D eigenvalue weighted by atomic mass is 35.5. The zero-order valence-corrected chi connectivity index (χ0v) is 37.5. The fourth-order valence-corrected chi connectivity index (χ4v) is 9.56. The number of hydrogen-bond acceptors (Lipinski definition) is 4. The van der Waals surface area contributed by atoms with Gasteiger partial charge in [-0.15, -0.1) is 0 Å². The van der Waals surface area contributed by atoms with Gasteiger partial charge in [0.25, 0.3) is 0 Å². The van der Waals surface area contributed by atoms with Gasteiger partial charge in [0, 0.05) is 50.6 Å². The summed E-state index contributed by atoms with van der Waals surface area (Å²) in [5, 5.41) is 5.02. The van der Waals surface area contributed by atoms with E-state index < -0.39 is 0 Å². The average molecular weight is 864 g/mol. The van der Waals surface area contributed by atoms with E-state index in [0.29, 0.717) is 5.02 Å². The quantitative estimate of drug-likeness (QED) is 0.144. The molecule has 0 aliphatic rings. The van der Waals surface area contributed by atoms with Crippen LogP contribution in [0.1, 0.15) is 31.9 Å². The van der Waals surface area contributed by atoms with E-state index in [1.807, 2.05) is 18.2 Å². The lowest BCUT2D eigenvalue weighted by Gasteiger charge is -2.32. The van der Waals surface area contributed by atoms with Gasteiger partial charge in [-0.05, 0) is 126 Å². The van der Waals surface area contributed by atoms with Gasteiger partial charge in [0.2, 0.25) is 0 Å². The minimum Gasteiger partial charge on any atom is -0.454 e. The van der Waals surface area contributed by atoms with Crippen molar-refractivity contribution in [2.75, 3.05) is 14.7 Å². The summed E-state index contributed by atoms with van der Waals surface area (Å²) >= 11 is 8.00. The molecule has 65 heavy (non-hydrogen) atoms. The number of halogens is 1. The number of rotatable bonds is 9. The largest absolute Gasteiger partial charge is 0.454 e. The van der Waals surface area contributed by atoms with Gasteiger partial charge in [0.15, 0.2) is 5.58 Å². The summed E-state index contributed by atoms with van der Waals surface area (Å²) in [4.78, 5) is 6.90. The van der Waals surface area contributed by atoms with Crippen LogP contribution in [0, 0.1) is 6.92 Å². The molecule has 0 aliphatic heterocycles. The van der Waals surface area contributed by atoms with Crippen molar-refractivity contribution >= 4 is 101 Å². The lowest BCUT2D eigenvalue weighted by atomic mass is 9.87. The number of benzene rings is 8. The number of aromatic nitrogens is 1. The molecular formula is C59H47ClN4O. The number of aryl methyl sites for hydroxylation is 1. The van der Waals surface area contributed by atoms with Gasteiger partial charge >= 0.3 is 0 Å². The number of hydrogen-bond donors (Lipinski definition) is 0. The Morgan fingerprint density at radius 1 is 0.462 bits per heavy atom. The first-order chi connectivity index (χ1) is 31.7. The second-order valence-corrected chi connectivity index (χ2v) is 18.1. The monoisotopic (exact) mass is 862 g/mol. The third kappa shape index (κ3) is 7.15. The van der Waals surface area contributed by atoms with Gasteiger partial charge in [-0.3, -0.25) is 4.90 Å². The van der Waals surface area contributed by atoms with Crippen molar-refractivity contribution in [3.63, 3.8) is 0 Å². The van der Waals surface area contributed by atoms with Crippen LogP contribution in [-0.2, 0) is 5.41 Å². The number of anilines is 9. The Hall–Kier alpha value is -7.73. The fraction of sp³-hybridized carbons (Fsp3) is 0.0847. The van der Waals surface area contributed by atoms with Crippen molar-refractivity contribution in [1.29, 1.82) is 0 Å². The minimum atomic E-state index is 0.0115. The summed E-state index contributed by atoms with van der Waals surface area (Å²) in [7, 11) is 0. The third-order valence-electron chi connectivity index (χ3n) is 12.4. The molecule has 0 saturated heterocycles. The molecule has 0 fully saturated rings. The molecule has 0 spiro atoms. The zero-order chi connectivity index (χ0) is 44.2. The van der Waals surface area contributed by atoms with Crippen LogP contribution in [0.15, 0.2) is 217 Å². The van der Waals surface area contributed by atoms with Crippen molar-refractivity contribution in [3.8, 4) is 0 Å². The van der Waals surface area contributed by atoms with Crippen LogP contribution in [0.4, 0.5) is 51.3 Å². The van der Waals surface area contributed by atoms with Crippen molar-refractivity contribution < 1.29 is 4.42 Å². The Morgan fingerprint density at radius 2 is 1.06 bits per heavy atom. The van der Waals surface area contributed by atoms with Crippen molar-refractivity contribution in [1.82, 2.24) is 4.40 Å². The maximum Gasteiger partial charge on any atom is 0.159 e. The predicted molar refractivity (Wildman–Crippen MR) is 275 cm³/mol. The summed E-state index contributed by atoms with van der Waals surface area (Å²) < 4.78 is 9.03. The summed E-state index contributed by atoms with van der Waals surface area (Å²) in [6, 6.07) is 73.0. The lowest BCUT2D eigenvalue weighted by Crippen LogP contribution is -2.17. The van der Waals surface area contributed by atoms with Gasteiger partial charge in [0.1, 0.15) is 11.4 Å². The molecular weight excluding hydrogens is 816 g/mol. The first kappa shape index (κ1) is 40.1. The van der Waals surface area contributed by atoms with Crippen molar-refractivity contribution in [2.45, 2.75) is 33.1 Å². The highest BCUT2D eigenvalue weighted by Crippen LogP contribution is 2.51. The molecule has 8 aromatic carbocycles. The fourth-order valence-electron chi connectivity index (χ4n) is 9.28. The zero-order valence-electron chi connectivity index (χ0n) is 36.8. The van der Waals surface area contributed by atoms with E-state index in [0.717, 1.165) is 89.7 Å². The number of nitrogens with zero attached hydrogens (tertiary/aromatic N) is 4. The van der Waals surface area contributed by atoms with Gasteiger partial charge in [-0.25, -0.2) is 0 Å². The molecule has 11 rings (SSSR count). The van der Waals surface area contributed by atoms with Crippen LogP contribution < -0.4 is 14.7 Å². The van der Waals surface area contributed by atoms with Gasteiger partial charge in [-0.2, -0.15) is 0 Å². The van der Waals surface area contributed by atoms with E-state index in [1.165, 1.54) is 10.9 Å². The summed E-state index contributed by atoms with van der Waals surface area (Å²) in [5.41, 5.74) is 12.6. The number of para-hydroxylation sites is 3. The molecule has 0 unspecified atom stereocenters. The molecule has 0 radical (unpaired) electrons. The van der Waals surface area contributed by atoms with Gasteiger partial charge < -0.3 is 18.6 Å². The minimum absolute atomic E-state index is 0.0115. The first-order valence-corrected chi connectivity index (χ1v) is 22.5. The van der Waals surface area contributed by atoms with Crippen molar-refractivity contribution in [2.24, 2.45) is 0 Å². The maximum absolute atomic E-state index is 8.00. The molecule has 0 bridgehead atoms. The standard InChI is InChI=1S/C59H47ClN4O/c1-40-37-53(57(60)54(38-40)64(44-20-6-5-7-21-44)56-35-34-43-19-12-13-36-61(43)56)63(52-28-16-26-50-49-25-10-11-29-55(49)65-58(50)52)47-23-15-22-46(39-47)62(45-32-30-42(31-33-45)59(2,3)4)51-27-14-18-41-17-8-9-24-48(41)51/h5-39H,1-4H3. The van der Waals surface area contributed by atoms with Crippen LogP contribution >= 0.6 is 11.6 Å². The molecule has 11 aromatic rings. The molecule has 0 N–H and O–H groups in total. The SMILES string of the molecule is Cc1cc(N(c2cccc(N(c3ccc(C(C)(C)C)cc3)c3cccc4ccccc34)c2)c2cccc3c2oc2ccccc23)c(Cl)c(N(c2ccccc2)c2ccc3ccccn23)c1. The Balaban J connectivity index is 1.17. The van der Waals surface area contributed by atoms with Gasteiger partial charge in [0.05, 0.1) is 27.8 Å². The number of pyridine rings is 1. The van der Waals surface area contributed by atoms with Crippen molar-refractivity contribution in [3.05, 3.63) is 229 Å². The van der Waals surface area contributed by atoms with E-state index in [-0.39, 0.29) is 5.41 Å². The summed E-state index contributed by atoms with van der Waals surface area (Å²) in [5.74, 6) is 0.974. The molecule has 0 atom stereocenters. The Morgan fingerprint density at radius 3 is 1.86 bits per heavy atom. The highest BCUT2D eigenvalue weighted by Gasteiger charge is 2.28. The van der Waals surface area contributed by atoms with Crippen LogP contribution in [0.25, 0.3) is 38.2 Å². The molecule has 3 aromatic heterocycles. The normalized spacial score (nSPS) is 11.8. The Kier molecular flexibility index (Phi) is 9.94. The second-order valence-electron chi connectivity index (χ2n) is 17.7. The van der Waals surface area contributed by atoms with Crippen LogP contribution in [0.5, 0.6) is 0 Å². The molecule has 0 aliphatic carbocycles. The third-order valence-corrected chi connectivity index (χ3v) is 12.8.